The Morgan fingerprint density at radius 2 is 2.17 bits per heavy atom. The maximum atomic E-state index is 11.9. The number of hydrogen-bond donors (Lipinski definition) is 3. The monoisotopic (exact) mass is 329 g/mol. The van der Waals surface area contributed by atoms with E-state index in [0.29, 0.717) is 17.8 Å². The minimum absolute atomic E-state index is 0.197. The van der Waals surface area contributed by atoms with Crippen molar-refractivity contribution in [2.24, 2.45) is 10.5 Å². The summed E-state index contributed by atoms with van der Waals surface area (Å²) in [7, 11) is 0. The number of benzene rings is 1. The molecule has 0 aliphatic heterocycles. The van der Waals surface area contributed by atoms with Crippen molar-refractivity contribution in [3.8, 4) is 0 Å². The van der Waals surface area contributed by atoms with Gasteiger partial charge in [0.1, 0.15) is 0 Å². The first-order chi connectivity index (χ1) is 11.4. The van der Waals surface area contributed by atoms with E-state index in [-0.39, 0.29) is 12.5 Å². The zero-order valence-corrected chi connectivity index (χ0v) is 14.7. The first-order valence-corrected chi connectivity index (χ1v) is 8.18. The zero-order valence-electron chi connectivity index (χ0n) is 14.7. The van der Waals surface area contributed by atoms with Crippen LogP contribution < -0.4 is 5.32 Å². The number of nitrogens with one attached hydrogen (secondary N) is 2. The van der Waals surface area contributed by atoms with Gasteiger partial charge in [-0.15, -0.1) is 0 Å². The van der Waals surface area contributed by atoms with Gasteiger partial charge in [-0.2, -0.15) is 5.11 Å². The quantitative estimate of drug-likeness (QED) is 0.665. The minimum atomic E-state index is -0.784. The lowest BCUT2D eigenvalue weighted by Gasteiger charge is -2.24. The van der Waals surface area contributed by atoms with Gasteiger partial charge in [-0.05, 0) is 51.3 Å². The second-order valence-corrected chi connectivity index (χ2v) is 6.12. The highest BCUT2D eigenvalue weighted by Crippen LogP contribution is 2.24. The average molecular weight is 329 g/mol. The van der Waals surface area contributed by atoms with Crippen molar-refractivity contribution >= 4 is 17.3 Å². The van der Waals surface area contributed by atoms with E-state index in [0.717, 1.165) is 0 Å². The molecule has 1 aromatic rings. The van der Waals surface area contributed by atoms with E-state index in [2.05, 4.69) is 35.6 Å². The molecule has 130 valence electrons. The van der Waals surface area contributed by atoms with Crippen LogP contribution in [0.3, 0.4) is 0 Å². The van der Waals surface area contributed by atoms with Gasteiger partial charge in [0.25, 0.3) is 0 Å². The highest BCUT2D eigenvalue weighted by molar-refractivity contribution is 5.95. The molecule has 24 heavy (non-hydrogen) atoms. The van der Waals surface area contributed by atoms with E-state index in [4.69, 9.17) is 5.53 Å². The smallest absolute Gasteiger partial charge is 0.232 e. The third kappa shape index (κ3) is 6.08. The fourth-order valence-corrected chi connectivity index (χ4v) is 2.02. The average Bonchev–Trinajstić information content (AvgIpc) is 2.62. The number of carbonyl (C=O) groups excluding carboxylic acids is 1. The standard InChI is InChI=1S/C12H17N3O2.C7H10/c1-3-12(2,8-16)11(17)14-9-5-4-6-10(7-9)15-13;1-7-5-3-2-4-6-7/h4-7,13,16H,3,8H2,1-2H3,(H,14,17);3,5-6H,2,4H2,1H3. The third-order valence-corrected chi connectivity index (χ3v) is 4.09. The molecule has 2 rings (SSSR count). The van der Waals surface area contributed by atoms with Crippen molar-refractivity contribution in [3.05, 3.63) is 48.1 Å². The van der Waals surface area contributed by atoms with Gasteiger partial charge in [0.2, 0.25) is 5.91 Å². The molecule has 0 spiro atoms. The van der Waals surface area contributed by atoms with Crippen molar-refractivity contribution in [2.75, 3.05) is 11.9 Å². The molecule has 1 amide bonds. The summed E-state index contributed by atoms with van der Waals surface area (Å²) in [5.74, 6) is -0.232. The predicted molar refractivity (Wildman–Crippen MR) is 97.5 cm³/mol. The molecule has 1 aliphatic carbocycles. The highest BCUT2D eigenvalue weighted by atomic mass is 16.3. The van der Waals surface area contributed by atoms with Crippen molar-refractivity contribution in [1.82, 2.24) is 0 Å². The SMILES string of the molecule is CC1=CCCC=C1.CCC(C)(CO)C(=O)Nc1cccc(N=N)c1. The molecule has 5 nitrogen and oxygen atoms in total. The Hall–Kier alpha value is -2.27. The number of amides is 1. The Bertz CT molecular complexity index is 617. The van der Waals surface area contributed by atoms with Crippen LogP contribution >= 0.6 is 0 Å². The van der Waals surface area contributed by atoms with Gasteiger partial charge in [-0.1, -0.05) is 36.8 Å². The maximum absolute atomic E-state index is 11.9. The second-order valence-electron chi connectivity index (χ2n) is 6.12. The van der Waals surface area contributed by atoms with E-state index in [9.17, 15) is 9.90 Å². The largest absolute Gasteiger partial charge is 0.395 e. The number of nitrogens with zero attached hydrogens (tertiary/aromatic N) is 1. The zero-order chi connectivity index (χ0) is 18.0. The Morgan fingerprint density at radius 1 is 1.42 bits per heavy atom. The molecule has 0 fully saturated rings. The van der Waals surface area contributed by atoms with E-state index < -0.39 is 5.41 Å². The van der Waals surface area contributed by atoms with E-state index in [1.54, 1.807) is 31.2 Å². The maximum Gasteiger partial charge on any atom is 0.232 e. The molecule has 0 heterocycles. The number of hydrogen-bond acceptors (Lipinski definition) is 4. The molecule has 0 bridgehead atoms. The molecule has 3 N–H and O–H groups in total. The number of allylic oxidation sites excluding steroid dienone is 4. The van der Waals surface area contributed by atoms with Gasteiger partial charge < -0.3 is 10.4 Å². The normalized spacial score (nSPS) is 15.4. The Morgan fingerprint density at radius 3 is 2.62 bits per heavy atom. The molecular formula is C19H27N3O2. The summed E-state index contributed by atoms with van der Waals surface area (Å²) in [6.07, 6.45) is 9.68. The van der Waals surface area contributed by atoms with Gasteiger partial charge >= 0.3 is 0 Å². The molecule has 5 heteroatoms. The highest BCUT2D eigenvalue weighted by Gasteiger charge is 2.30. The van der Waals surface area contributed by atoms with Crippen LogP contribution in [0.1, 0.15) is 40.0 Å². The van der Waals surface area contributed by atoms with Gasteiger partial charge in [0.05, 0.1) is 17.7 Å². The van der Waals surface area contributed by atoms with E-state index in [1.165, 1.54) is 18.4 Å². The number of rotatable bonds is 5. The van der Waals surface area contributed by atoms with Crippen molar-refractivity contribution < 1.29 is 9.90 Å². The summed E-state index contributed by atoms with van der Waals surface area (Å²) in [5, 5.41) is 15.2. The molecule has 0 radical (unpaired) electrons. The summed E-state index contributed by atoms with van der Waals surface area (Å²) in [6, 6.07) is 6.72. The molecule has 0 saturated carbocycles. The Kier molecular flexibility index (Phi) is 8.06. The fourth-order valence-electron chi connectivity index (χ4n) is 2.02. The third-order valence-electron chi connectivity index (χ3n) is 4.09. The van der Waals surface area contributed by atoms with Crippen LogP contribution in [0.25, 0.3) is 0 Å². The van der Waals surface area contributed by atoms with Crippen molar-refractivity contribution in [3.63, 3.8) is 0 Å². The number of aliphatic hydroxyl groups is 1. The van der Waals surface area contributed by atoms with E-state index in [1.807, 2.05) is 6.92 Å². The first-order valence-electron chi connectivity index (χ1n) is 8.18. The lowest BCUT2D eigenvalue weighted by Crippen LogP contribution is -2.36. The lowest BCUT2D eigenvalue weighted by molar-refractivity contribution is -0.127. The van der Waals surface area contributed by atoms with Gasteiger partial charge in [0, 0.05) is 5.69 Å². The Labute approximate surface area is 144 Å². The van der Waals surface area contributed by atoms with Crippen LogP contribution in [0.15, 0.2) is 53.2 Å². The summed E-state index contributed by atoms with van der Waals surface area (Å²) >= 11 is 0. The van der Waals surface area contributed by atoms with Crippen molar-refractivity contribution in [2.45, 2.75) is 40.0 Å². The second kappa shape index (κ2) is 9.78. The number of aliphatic hydroxyl groups excluding tert-OH is 1. The Balaban J connectivity index is 0.000000341. The molecule has 1 aromatic carbocycles. The van der Waals surface area contributed by atoms with Gasteiger partial charge in [0.15, 0.2) is 0 Å². The minimum Gasteiger partial charge on any atom is -0.395 e. The lowest BCUT2D eigenvalue weighted by atomic mass is 9.87. The summed E-state index contributed by atoms with van der Waals surface area (Å²) < 4.78 is 0. The predicted octanol–water partition coefficient (Wildman–Crippen LogP) is 4.98. The van der Waals surface area contributed by atoms with Crippen LogP contribution in [0.4, 0.5) is 11.4 Å². The van der Waals surface area contributed by atoms with Crippen LogP contribution in [-0.4, -0.2) is 17.6 Å². The molecule has 1 atom stereocenters. The fraction of sp³-hybridized carbons (Fsp3) is 0.421. The number of carbonyl (C=O) groups is 1. The summed E-state index contributed by atoms with van der Waals surface area (Å²) in [6.45, 7) is 5.50. The summed E-state index contributed by atoms with van der Waals surface area (Å²) in [4.78, 5) is 11.9. The topological polar surface area (TPSA) is 85.5 Å². The van der Waals surface area contributed by atoms with Crippen LogP contribution in [0.2, 0.25) is 0 Å². The van der Waals surface area contributed by atoms with Crippen LogP contribution in [0.5, 0.6) is 0 Å². The van der Waals surface area contributed by atoms with Gasteiger partial charge in [-0.25, -0.2) is 5.53 Å². The first kappa shape index (κ1) is 19.8. The summed E-state index contributed by atoms with van der Waals surface area (Å²) in [5.41, 5.74) is 8.57. The number of anilines is 1. The van der Waals surface area contributed by atoms with Crippen LogP contribution in [0, 0.1) is 10.9 Å². The molecular weight excluding hydrogens is 302 g/mol. The molecule has 0 aromatic heterocycles. The van der Waals surface area contributed by atoms with Crippen LogP contribution in [-0.2, 0) is 4.79 Å². The van der Waals surface area contributed by atoms with E-state index >= 15 is 0 Å². The molecule has 0 saturated heterocycles. The molecule has 1 unspecified atom stereocenters. The van der Waals surface area contributed by atoms with Crippen molar-refractivity contribution in [1.29, 1.82) is 5.53 Å². The molecule has 1 aliphatic rings. The van der Waals surface area contributed by atoms with Gasteiger partial charge in [-0.3, -0.25) is 4.79 Å².